The molecule has 2 aliphatic carbocycles. The third-order valence-corrected chi connectivity index (χ3v) is 4.27. The fourth-order valence-electron chi connectivity index (χ4n) is 3.18. The van der Waals surface area contributed by atoms with Crippen LogP contribution in [0.3, 0.4) is 0 Å². The van der Waals surface area contributed by atoms with Gasteiger partial charge >= 0.3 is 0 Å². The number of hydrogen-bond acceptors (Lipinski definition) is 2. The van der Waals surface area contributed by atoms with E-state index in [1.165, 1.54) is 16.7 Å². The first-order chi connectivity index (χ1) is 8.09. The Labute approximate surface area is 101 Å². The highest BCUT2D eigenvalue weighted by molar-refractivity contribution is 5.92. The van der Waals surface area contributed by atoms with Crippen LogP contribution in [0.1, 0.15) is 37.3 Å². The summed E-state index contributed by atoms with van der Waals surface area (Å²) in [5, 5.41) is 9.66. The van der Waals surface area contributed by atoms with E-state index in [0.29, 0.717) is 12.2 Å². The summed E-state index contributed by atoms with van der Waals surface area (Å²) in [4.78, 5) is 11.5. The summed E-state index contributed by atoms with van der Waals surface area (Å²) in [5.41, 5.74) is 3.73. The van der Waals surface area contributed by atoms with Crippen LogP contribution in [0, 0.1) is 0 Å². The van der Waals surface area contributed by atoms with Gasteiger partial charge in [-0.25, -0.2) is 0 Å². The first kappa shape index (κ1) is 10.6. The molecule has 0 saturated heterocycles. The Morgan fingerprint density at radius 1 is 1.24 bits per heavy atom. The third-order valence-electron chi connectivity index (χ3n) is 4.27. The molecule has 1 N–H and O–H groups in total. The Hall–Kier alpha value is -1.57. The molecule has 1 aromatic rings. The van der Waals surface area contributed by atoms with Crippen molar-refractivity contribution in [3.63, 3.8) is 0 Å². The zero-order valence-corrected chi connectivity index (χ0v) is 9.99. The molecule has 3 rings (SSSR count). The number of benzene rings is 1. The fourth-order valence-corrected chi connectivity index (χ4v) is 3.18. The first-order valence-electron chi connectivity index (χ1n) is 6.16. The van der Waals surface area contributed by atoms with E-state index < -0.39 is 0 Å². The lowest BCUT2D eigenvalue weighted by atomic mass is 9.63. The lowest BCUT2D eigenvalue weighted by Crippen LogP contribution is -2.34. The summed E-state index contributed by atoms with van der Waals surface area (Å²) in [6, 6.07) is 5.64. The molecule has 0 aliphatic heterocycles. The van der Waals surface area contributed by atoms with Gasteiger partial charge in [0.1, 0.15) is 5.75 Å². The average Bonchev–Trinajstić information content (AvgIpc) is 2.31. The topological polar surface area (TPSA) is 37.3 Å². The molecule has 2 aliphatic rings. The van der Waals surface area contributed by atoms with Crippen molar-refractivity contribution < 1.29 is 9.90 Å². The van der Waals surface area contributed by atoms with E-state index in [-0.39, 0.29) is 11.2 Å². The lowest BCUT2D eigenvalue weighted by Gasteiger charge is -2.40. The highest BCUT2D eigenvalue weighted by atomic mass is 16.3. The molecule has 0 heterocycles. The molecule has 0 radical (unpaired) electrons. The van der Waals surface area contributed by atoms with Crippen LogP contribution in [-0.4, -0.2) is 10.9 Å². The maximum Gasteiger partial charge on any atom is 0.155 e. The molecular formula is C15H16O2. The molecule has 0 aromatic heterocycles. The summed E-state index contributed by atoms with van der Waals surface area (Å²) in [7, 11) is 0. The van der Waals surface area contributed by atoms with Crippen molar-refractivity contribution in [2.24, 2.45) is 0 Å². The Kier molecular flexibility index (Phi) is 2.15. The summed E-state index contributed by atoms with van der Waals surface area (Å²) in [6.07, 6.45) is 5.27. The molecular weight excluding hydrogens is 212 g/mol. The molecule has 2 heteroatoms. The zero-order valence-electron chi connectivity index (χ0n) is 9.99. The standard InChI is InChI=1S/C15H16O2/c1-15-7-6-13(17)8-11(15)4-2-10-3-5-12(16)9-14(10)15/h3,5,8-9,16H,2,4,6-7H2,1H3/t15-/m1/s1. The Morgan fingerprint density at radius 3 is 2.88 bits per heavy atom. The minimum atomic E-state index is -0.0414. The Balaban J connectivity index is 2.19. The molecule has 0 bridgehead atoms. The van der Waals surface area contributed by atoms with Crippen LogP contribution in [-0.2, 0) is 16.6 Å². The van der Waals surface area contributed by atoms with E-state index in [0.717, 1.165) is 19.3 Å². The number of ketones is 1. The molecule has 2 nitrogen and oxygen atoms in total. The van der Waals surface area contributed by atoms with Crippen LogP contribution in [0.2, 0.25) is 0 Å². The number of carbonyl (C=O) groups is 1. The first-order valence-corrected chi connectivity index (χ1v) is 6.16. The van der Waals surface area contributed by atoms with Crippen LogP contribution in [0.25, 0.3) is 0 Å². The lowest BCUT2D eigenvalue weighted by molar-refractivity contribution is -0.115. The molecule has 1 atom stereocenters. The Morgan fingerprint density at radius 2 is 2.06 bits per heavy atom. The second kappa shape index (κ2) is 3.46. The van der Waals surface area contributed by atoms with E-state index in [1.807, 2.05) is 18.2 Å². The predicted octanol–water partition coefficient (Wildman–Crippen LogP) is 2.89. The summed E-state index contributed by atoms with van der Waals surface area (Å²) >= 11 is 0. The van der Waals surface area contributed by atoms with E-state index in [9.17, 15) is 9.90 Å². The summed E-state index contributed by atoms with van der Waals surface area (Å²) in [5.74, 6) is 0.573. The molecule has 0 spiro atoms. The van der Waals surface area contributed by atoms with Crippen molar-refractivity contribution in [3.8, 4) is 5.75 Å². The van der Waals surface area contributed by atoms with Crippen LogP contribution in [0.5, 0.6) is 5.75 Å². The predicted molar refractivity (Wildman–Crippen MR) is 66.1 cm³/mol. The summed E-state index contributed by atoms with van der Waals surface area (Å²) < 4.78 is 0. The SMILES string of the molecule is C[C@@]12CCC(=O)C=C1CCc1ccc(O)cc12. The van der Waals surface area contributed by atoms with Crippen LogP contribution < -0.4 is 0 Å². The van der Waals surface area contributed by atoms with Crippen molar-refractivity contribution in [3.05, 3.63) is 41.0 Å². The molecule has 0 saturated carbocycles. The number of phenols is 1. The molecule has 88 valence electrons. The molecule has 1 aromatic carbocycles. The second-order valence-electron chi connectivity index (χ2n) is 5.31. The van der Waals surface area contributed by atoms with Crippen LogP contribution >= 0.6 is 0 Å². The number of aromatic hydroxyl groups is 1. The number of fused-ring (bicyclic) bond motifs is 3. The van der Waals surface area contributed by atoms with E-state index in [2.05, 4.69) is 6.92 Å². The van der Waals surface area contributed by atoms with Crippen LogP contribution in [0.15, 0.2) is 29.8 Å². The third kappa shape index (κ3) is 1.51. The quantitative estimate of drug-likeness (QED) is 0.741. The van der Waals surface area contributed by atoms with E-state index in [4.69, 9.17) is 0 Å². The van der Waals surface area contributed by atoms with Gasteiger partial charge in [-0.05, 0) is 48.6 Å². The highest BCUT2D eigenvalue weighted by Crippen LogP contribution is 2.47. The van der Waals surface area contributed by atoms with E-state index >= 15 is 0 Å². The second-order valence-corrected chi connectivity index (χ2v) is 5.31. The maximum atomic E-state index is 11.5. The number of allylic oxidation sites excluding steroid dienone is 2. The maximum absolute atomic E-state index is 11.5. The largest absolute Gasteiger partial charge is 0.508 e. The van der Waals surface area contributed by atoms with Gasteiger partial charge in [0.05, 0.1) is 0 Å². The number of hydrogen-bond donors (Lipinski definition) is 1. The molecule has 0 unspecified atom stereocenters. The van der Waals surface area contributed by atoms with Gasteiger partial charge in [0.15, 0.2) is 5.78 Å². The number of aryl methyl sites for hydroxylation is 1. The van der Waals surface area contributed by atoms with Crippen molar-refractivity contribution >= 4 is 5.78 Å². The number of phenolic OH excluding ortho intramolecular Hbond substituents is 1. The van der Waals surface area contributed by atoms with Crippen molar-refractivity contribution in [1.82, 2.24) is 0 Å². The smallest absolute Gasteiger partial charge is 0.155 e. The number of carbonyl (C=O) groups excluding carboxylic acids is 1. The normalized spacial score (nSPS) is 27.1. The Bertz CT molecular complexity index is 528. The van der Waals surface area contributed by atoms with Crippen molar-refractivity contribution in [1.29, 1.82) is 0 Å². The van der Waals surface area contributed by atoms with Gasteiger partial charge in [-0.2, -0.15) is 0 Å². The average molecular weight is 228 g/mol. The molecule has 17 heavy (non-hydrogen) atoms. The fraction of sp³-hybridized carbons (Fsp3) is 0.400. The van der Waals surface area contributed by atoms with Gasteiger partial charge in [0.25, 0.3) is 0 Å². The van der Waals surface area contributed by atoms with Gasteiger partial charge in [-0.15, -0.1) is 0 Å². The van der Waals surface area contributed by atoms with Crippen LogP contribution in [0.4, 0.5) is 0 Å². The van der Waals surface area contributed by atoms with Gasteiger partial charge < -0.3 is 5.11 Å². The summed E-state index contributed by atoms with van der Waals surface area (Å²) in [6.45, 7) is 2.20. The van der Waals surface area contributed by atoms with Crippen molar-refractivity contribution in [2.45, 2.75) is 38.0 Å². The van der Waals surface area contributed by atoms with Gasteiger partial charge in [0, 0.05) is 11.8 Å². The highest BCUT2D eigenvalue weighted by Gasteiger charge is 2.38. The minimum absolute atomic E-state index is 0.0414. The monoisotopic (exact) mass is 228 g/mol. The van der Waals surface area contributed by atoms with Gasteiger partial charge in [-0.1, -0.05) is 18.6 Å². The minimum Gasteiger partial charge on any atom is -0.508 e. The zero-order chi connectivity index (χ0) is 12.0. The van der Waals surface area contributed by atoms with Gasteiger partial charge in [0.2, 0.25) is 0 Å². The van der Waals surface area contributed by atoms with E-state index in [1.54, 1.807) is 6.07 Å². The molecule has 0 fully saturated rings. The van der Waals surface area contributed by atoms with Crippen molar-refractivity contribution in [2.75, 3.05) is 0 Å². The number of rotatable bonds is 0. The molecule has 0 amide bonds. The van der Waals surface area contributed by atoms with Gasteiger partial charge in [-0.3, -0.25) is 4.79 Å².